The van der Waals surface area contributed by atoms with Crippen LogP contribution in [0.3, 0.4) is 0 Å². The summed E-state index contributed by atoms with van der Waals surface area (Å²) in [5, 5.41) is 12.2. The fraction of sp³-hybridized carbons (Fsp3) is 0.600. The average Bonchev–Trinajstić information content (AvgIpc) is 2.60. The first kappa shape index (κ1) is 20.2. The van der Waals surface area contributed by atoms with Crippen molar-refractivity contribution in [2.45, 2.75) is 39.5 Å². The van der Waals surface area contributed by atoms with E-state index >= 15 is 0 Å². The zero-order valence-corrected chi connectivity index (χ0v) is 15.8. The molecule has 0 bridgehead atoms. The summed E-state index contributed by atoms with van der Waals surface area (Å²) >= 11 is 0. The smallest absolute Gasteiger partial charge is 0.308 e. The highest BCUT2D eigenvalue weighted by Gasteiger charge is 2.30. The second-order valence-electron chi connectivity index (χ2n) is 7.18. The lowest BCUT2D eigenvalue weighted by Gasteiger charge is -2.27. The number of nitrogens with one attached hydrogen (secondary N) is 1. The van der Waals surface area contributed by atoms with Crippen LogP contribution in [0.2, 0.25) is 0 Å². The summed E-state index contributed by atoms with van der Waals surface area (Å²) in [6.45, 7) is 7.28. The third-order valence-electron chi connectivity index (χ3n) is 4.82. The zero-order valence-electron chi connectivity index (χ0n) is 15.8. The summed E-state index contributed by atoms with van der Waals surface area (Å²) in [6.07, 6.45) is 1.43. The molecule has 1 aliphatic rings. The lowest BCUT2D eigenvalue weighted by Crippen LogP contribution is -2.40. The van der Waals surface area contributed by atoms with Gasteiger partial charge >= 0.3 is 5.97 Å². The van der Waals surface area contributed by atoms with E-state index < -0.39 is 11.9 Å². The normalized spacial score (nSPS) is 16.3. The number of hydrogen-bond acceptors (Lipinski definition) is 4. The Morgan fingerprint density at radius 2 is 2.00 bits per heavy atom. The molecule has 1 heterocycles. The van der Waals surface area contributed by atoms with Crippen molar-refractivity contribution < 1.29 is 24.2 Å². The third-order valence-corrected chi connectivity index (χ3v) is 4.82. The molecule has 1 saturated heterocycles. The van der Waals surface area contributed by atoms with E-state index in [1.54, 1.807) is 0 Å². The van der Waals surface area contributed by atoms with Crippen molar-refractivity contribution >= 4 is 11.9 Å². The van der Waals surface area contributed by atoms with Crippen LogP contribution in [-0.2, 0) is 14.3 Å². The van der Waals surface area contributed by atoms with Gasteiger partial charge in [-0.15, -0.1) is 0 Å². The molecule has 1 atom stereocenters. The zero-order chi connectivity index (χ0) is 19.1. The topological polar surface area (TPSA) is 84.9 Å². The largest absolute Gasteiger partial charge is 0.483 e. The van der Waals surface area contributed by atoms with Crippen molar-refractivity contribution in [3.8, 4) is 5.75 Å². The summed E-state index contributed by atoms with van der Waals surface area (Å²) < 4.78 is 11.0. The summed E-state index contributed by atoms with van der Waals surface area (Å²) in [5.41, 5.74) is 2.12. The maximum absolute atomic E-state index is 12.1. The Balaban J connectivity index is 1.88. The molecule has 1 fully saturated rings. The molecule has 144 valence electrons. The Kier molecular flexibility index (Phi) is 7.45. The van der Waals surface area contributed by atoms with Crippen molar-refractivity contribution in [3.63, 3.8) is 0 Å². The van der Waals surface area contributed by atoms with Gasteiger partial charge in [0.25, 0.3) is 5.91 Å². The van der Waals surface area contributed by atoms with E-state index in [2.05, 4.69) is 19.2 Å². The number of benzene rings is 1. The number of amides is 1. The number of rotatable bonds is 8. The molecule has 1 unspecified atom stereocenters. The Morgan fingerprint density at radius 3 is 2.62 bits per heavy atom. The van der Waals surface area contributed by atoms with Gasteiger partial charge in [-0.2, -0.15) is 0 Å². The van der Waals surface area contributed by atoms with Gasteiger partial charge in [0.15, 0.2) is 6.61 Å². The van der Waals surface area contributed by atoms with Crippen molar-refractivity contribution in [2.75, 3.05) is 26.4 Å². The van der Waals surface area contributed by atoms with Crippen LogP contribution >= 0.6 is 0 Å². The van der Waals surface area contributed by atoms with Crippen LogP contribution in [0.4, 0.5) is 0 Å². The molecule has 6 nitrogen and oxygen atoms in total. The first-order valence-electron chi connectivity index (χ1n) is 9.19. The summed E-state index contributed by atoms with van der Waals surface area (Å²) in [7, 11) is 0. The molecule has 26 heavy (non-hydrogen) atoms. The molecule has 6 heteroatoms. The Bertz CT molecular complexity index is 623. The van der Waals surface area contributed by atoms with Crippen LogP contribution in [0.25, 0.3) is 0 Å². The van der Waals surface area contributed by atoms with Gasteiger partial charge in [0.05, 0.1) is 5.92 Å². The minimum atomic E-state index is -0.876. The number of carboxylic acids is 1. The molecule has 1 aromatic rings. The minimum absolute atomic E-state index is 0.0341. The lowest BCUT2D eigenvalue weighted by molar-refractivity contribution is -0.145. The van der Waals surface area contributed by atoms with Crippen LogP contribution in [0, 0.1) is 18.8 Å². The fourth-order valence-electron chi connectivity index (χ4n) is 3.24. The Morgan fingerprint density at radius 1 is 1.31 bits per heavy atom. The molecular formula is C20H29NO5. The predicted octanol–water partition coefficient (Wildman–Crippen LogP) is 2.74. The van der Waals surface area contributed by atoms with Gasteiger partial charge in [0, 0.05) is 19.8 Å². The molecule has 0 aliphatic carbocycles. The summed E-state index contributed by atoms with van der Waals surface area (Å²) in [5.74, 6) is -0.744. The van der Waals surface area contributed by atoms with Crippen molar-refractivity contribution in [2.24, 2.45) is 11.8 Å². The highest BCUT2D eigenvalue weighted by atomic mass is 16.5. The van der Waals surface area contributed by atoms with Crippen LogP contribution in [0.1, 0.15) is 43.7 Å². The van der Waals surface area contributed by atoms with Gasteiger partial charge in [-0.3, -0.25) is 9.59 Å². The first-order chi connectivity index (χ1) is 12.4. The van der Waals surface area contributed by atoms with Gasteiger partial charge < -0.3 is 19.9 Å². The number of carbonyl (C=O) groups excluding carboxylic acids is 1. The van der Waals surface area contributed by atoms with Crippen LogP contribution in [-0.4, -0.2) is 43.3 Å². The number of carbonyl (C=O) groups is 2. The summed E-state index contributed by atoms with van der Waals surface area (Å²) in [4.78, 5) is 23.7. The monoisotopic (exact) mass is 363 g/mol. The number of aliphatic carboxylic acids is 1. The fourth-order valence-corrected chi connectivity index (χ4v) is 3.24. The molecule has 0 spiro atoms. The van der Waals surface area contributed by atoms with Crippen molar-refractivity contribution in [1.29, 1.82) is 0 Å². The van der Waals surface area contributed by atoms with Gasteiger partial charge in [-0.05, 0) is 48.8 Å². The Hall–Kier alpha value is -2.08. The molecule has 0 saturated carbocycles. The predicted molar refractivity (Wildman–Crippen MR) is 98.4 cm³/mol. The standard InChI is InChI=1S/C20H29NO5/c1-13(2)16-5-4-14(3)10-18(16)26-12-19(22)21-11-17(20(23)24)15-6-8-25-9-7-15/h4-5,10,13,15,17H,6-9,11-12H2,1-3H3,(H,21,22)(H,23,24). The van der Waals surface area contributed by atoms with Crippen molar-refractivity contribution in [3.05, 3.63) is 29.3 Å². The SMILES string of the molecule is Cc1ccc(C(C)C)c(OCC(=O)NCC(C(=O)O)C2CCOCC2)c1. The lowest BCUT2D eigenvalue weighted by atomic mass is 9.86. The van der Waals surface area contributed by atoms with E-state index in [1.165, 1.54) is 0 Å². The molecule has 1 amide bonds. The second kappa shape index (κ2) is 9.57. The molecular weight excluding hydrogens is 334 g/mol. The molecule has 0 aromatic heterocycles. The van der Waals surface area contributed by atoms with Gasteiger partial charge in [0.1, 0.15) is 5.75 Å². The van der Waals surface area contributed by atoms with E-state index in [9.17, 15) is 14.7 Å². The number of ether oxygens (including phenoxy) is 2. The third kappa shape index (κ3) is 5.73. The quantitative estimate of drug-likeness (QED) is 0.742. The van der Waals surface area contributed by atoms with E-state index in [1.807, 2.05) is 25.1 Å². The van der Waals surface area contributed by atoms with Crippen LogP contribution < -0.4 is 10.1 Å². The Labute approximate surface area is 154 Å². The summed E-state index contributed by atoms with van der Waals surface area (Å²) in [6, 6.07) is 5.96. The average molecular weight is 363 g/mol. The highest BCUT2D eigenvalue weighted by Crippen LogP contribution is 2.27. The molecule has 2 N–H and O–H groups in total. The maximum atomic E-state index is 12.1. The maximum Gasteiger partial charge on any atom is 0.308 e. The number of hydrogen-bond donors (Lipinski definition) is 2. The molecule has 0 radical (unpaired) electrons. The van der Waals surface area contributed by atoms with E-state index in [-0.39, 0.29) is 25.0 Å². The van der Waals surface area contributed by atoms with Gasteiger partial charge in [0.2, 0.25) is 0 Å². The van der Waals surface area contributed by atoms with Crippen LogP contribution in [0.15, 0.2) is 18.2 Å². The molecule has 1 aliphatic heterocycles. The second-order valence-corrected chi connectivity index (χ2v) is 7.18. The first-order valence-corrected chi connectivity index (χ1v) is 9.19. The molecule has 2 rings (SSSR count). The minimum Gasteiger partial charge on any atom is -0.483 e. The molecule has 1 aromatic carbocycles. The van der Waals surface area contributed by atoms with Crippen molar-refractivity contribution in [1.82, 2.24) is 5.32 Å². The van der Waals surface area contributed by atoms with E-state index in [4.69, 9.17) is 9.47 Å². The number of carboxylic acid groups (broad SMARTS) is 1. The highest BCUT2D eigenvalue weighted by molar-refractivity contribution is 5.78. The van der Waals surface area contributed by atoms with E-state index in [0.29, 0.717) is 37.7 Å². The van der Waals surface area contributed by atoms with Crippen LogP contribution in [0.5, 0.6) is 5.75 Å². The van der Waals surface area contributed by atoms with E-state index in [0.717, 1.165) is 11.1 Å². The van der Waals surface area contributed by atoms with Gasteiger partial charge in [-0.25, -0.2) is 0 Å². The van der Waals surface area contributed by atoms with Gasteiger partial charge in [-0.1, -0.05) is 26.0 Å². The number of aryl methyl sites for hydroxylation is 1.